The Balaban J connectivity index is 2.10. The van der Waals surface area contributed by atoms with Gasteiger partial charge in [0.05, 0.1) is 10.5 Å². The molecule has 0 unspecified atom stereocenters. The number of rotatable bonds is 2. The quantitative estimate of drug-likeness (QED) is 0.616. The fourth-order valence-corrected chi connectivity index (χ4v) is 2.82. The fraction of sp³-hybridized carbons (Fsp3) is 0.133. The smallest absolute Gasteiger partial charge is 0.216 e. The van der Waals surface area contributed by atoms with E-state index in [9.17, 15) is 10.2 Å². The fourth-order valence-electron chi connectivity index (χ4n) is 2.21. The number of aromatic hydroxyl groups is 2. The summed E-state index contributed by atoms with van der Waals surface area (Å²) in [6.45, 7) is 3.45. The highest BCUT2D eigenvalue weighted by Crippen LogP contribution is 2.33. The number of benzene rings is 1. The monoisotopic (exact) mass is 381 g/mol. The van der Waals surface area contributed by atoms with Crippen LogP contribution in [0.4, 0.5) is 5.82 Å². The molecule has 0 aliphatic heterocycles. The summed E-state index contributed by atoms with van der Waals surface area (Å²) in [7, 11) is 0. The minimum atomic E-state index is -0.0674. The van der Waals surface area contributed by atoms with Crippen molar-refractivity contribution in [2.75, 3.05) is 5.43 Å². The summed E-state index contributed by atoms with van der Waals surface area (Å²) in [5.41, 5.74) is 4.75. The molecule has 2 aromatic heterocycles. The van der Waals surface area contributed by atoms with Gasteiger partial charge in [0.1, 0.15) is 5.82 Å². The van der Waals surface area contributed by atoms with Gasteiger partial charge in [-0.3, -0.25) is 5.43 Å². The molecule has 114 valence electrons. The van der Waals surface area contributed by atoms with E-state index in [1.54, 1.807) is 19.9 Å². The molecule has 0 aliphatic rings. The van der Waals surface area contributed by atoms with Crippen LogP contribution in [-0.2, 0) is 0 Å². The molecule has 3 aromatic rings. The van der Waals surface area contributed by atoms with E-state index in [1.807, 2.05) is 18.2 Å². The van der Waals surface area contributed by atoms with Crippen molar-refractivity contribution in [3.63, 3.8) is 0 Å². The van der Waals surface area contributed by atoms with E-state index in [2.05, 4.69) is 26.3 Å². The van der Waals surface area contributed by atoms with Crippen molar-refractivity contribution >= 4 is 44.3 Å². The molecule has 0 aliphatic carbocycles. The maximum absolute atomic E-state index is 10.1. The van der Waals surface area contributed by atoms with Gasteiger partial charge in [-0.1, -0.05) is 33.6 Å². The molecule has 5 nitrogen and oxygen atoms in total. The van der Waals surface area contributed by atoms with Gasteiger partial charge >= 0.3 is 0 Å². The van der Waals surface area contributed by atoms with Gasteiger partial charge in [0.2, 0.25) is 11.8 Å². The molecule has 7 heteroatoms. The Bertz CT molecular complexity index is 867. The summed E-state index contributed by atoms with van der Waals surface area (Å²) >= 11 is 9.66. The Kier molecular flexibility index (Phi) is 3.66. The first kappa shape index (κ1) is 15.0. The Morgan fingerprint density at radius 1 is 1.14 bits per heavy atom. The van der Waals surface area contributed by atoms with Gasteiger partial charge in [-0.05, 0) is 26.0 Å². The van der Waals surface area contributed by atoms with Crippen LogP contribution >= 0.6 is 27.5 Å². The number of anilines is 1. The molecule has 0 saturated carbocycles. The first-order valence-electron chi connectivity index (χ1n) is 6.51. The predicted octanol–water partition coefficient (Wildman–Crippen LogP) is 4.36. The summed E-state index contributed by atoms with van der Waals surface area (Å²) in [6, 6.07) is 7.25. The number of halogens is 2. The van der Waals surface area contributed by atoms with E-state index in [0.29, 0.717) is 27.5 Å². The summed E-state index contributed by atoms with van der Waals surface area (Å²) in [6.07, 6.45) is 0. The van der Waals surface area contributed by atoms with Crippen LogP contribution in [0.15, 0.2) is 28.7 Å². The number of nitrogens with zero attached hydrogens (tertiary/aromatic N) is 2. The second-order valence-corrected chi connectivity index (χ2v) is 6.32. The second-order valence-electron chi connectivity index (χ2n) is 5.00. The lowest BCUT2D eigenvalue weighted by Crippen LogP contribution is -2.09. The molecule has 3 N–H and O–H groups in total. The summed E-state index contributed by atoms with van der Waals surface area (Å²) in [5.74, 6) is 0.278. The lowest BCUT2D eigenvalue weighted by atomic mass is 10.2. The average molecular weight is 383 g/mol. The average Bonchev–Trinajstić information content (AvgIpc) is 2.65. The number of hydrogen-bond donors (Lipinski definition) is 3. The SMILES string of the molecule is Cc1c(C)c(O)n(Nc2cc(Cl)c3ccc(Br)cc3n2)c1O. The standard InChI is InChI=1S/C15H13BrClN3O2/c1-7-8(2)15(22)20(14(7)21)19-13-6-11(17)10-4-3-9(16)5-12(10)18-13/h3-6,21-22H,1-2H3,(H,18,19). The Labute approximate surface area is 140 Å². The van der Waals surface area contributed by atoms with Gasteiger partial charge in [0.15, 0.2) is 0 Å². The van der Waals surface area contributed by atoms with Crippen molar-refractivity contribution in [1.82, 2.24) is 9.66 Å². The van der Waals surface area contributed by atoms with Crippen LogP contribution in [0.1, 0.15) is 11.1 Å². The van der Waals surface area contributed by atoms with Crippen LogP contribution in [0, 0.1) is 13.8 Å². The molecule has 0 radical (unpaired) electrons. The molecule has 0 amide bonds. The third kappa shape index (κ3) is 2.38. The zero-order valence-corrected chi connectivity index (χ0v) is 14.2. The van der Waals surface area contributed by atoms with Gasteiger partial charge < -0.3 is 10.2 Å². The van der Waals surface area contributed by atoms with Crippen LogP contribution < -0.4 is 5.43 Å². The number of nitrogens with one attached hydrogen (secondary N) is 1. The minimum absolute atomic E-state index is 0.0674. The van der Waals surface area contributed by atoms with Crippen LogP contribution in [0.25, 0.3) is 10.9 Å². The Morgan fingerprint density at radius 3 is 2.41 bits per heavy atom. The molecule has 22 heavy (non-hydrogen) atoms. The van der Waals surface area contributed by atoms with Crippen molar-refractivity contribution in [2.45, 2.75) is 13.8 Å². The highest BCUT2D eigenvalue weighted by molar-refractivity contribution is 9.10. The molecule has 0 fully saturated rings. The van der Waals surface area contributed by atoms with Crippen LogP contribution in [-0.4, -0.2) is 19.9 Å². The molecule has 2 heterocycles. The highest BCUT2D eigenvalue weighted by atomic mass is 79.9. The lowest BCUT2D eigenvalue weighted by Gasteiger charge is -2.11. The first-order valence-corrected chi connectivity index (χ1v) is 7.68. The zero-order chi connectivity index (χ0) is 16.0. The van der Waals surface area contributed by atoms with E-state index in [-0.39, 0.29) is 11.8 Å². The first-order chi connectivity index (χ1) is 10.4. The van der Waals surface area contributed by atoms with Crippen LogP contribution in [0.2, 0.25) is 5.02 Å². The predicted molar refractivity (Wildman–Crippen MR) is 90.7 cm³/mol. The lowest BCUT2D eigenvalue weighted by molar-refractivity contribution is 0.390. The third-order valence-electron chi connectivity index (χ3n) is 3.60. The van der Waals surface area contributed by atoms with Crippen molar-refractivity contribution in [2.24, 2.45) is 0 Å². The summed E-state index contributed by atoms with van der Waals surface area (Å²) in [4.78, 5) is 4.44. The second kappa shape index (κ2) is 5.37. The van der Waals surface area contributed by atoms with E-state index >= 15 is 0 Å². The maximum atomic E-state index is 10.1. The topological polar surface area (TPSA) is 70.3 Å². The summed E-state index contributed by atoms with van der Waals surface area (Å²) in [5, 5.41) is 21.5. The minimum Gasteiger partial charge on any atom is -0.493 e. The third-order valence-corrected chi connectivity index (χ3v) is 4.41. The number of aromatic nitrogens is 2. The molecule has 0 atom stereocenters. The number of pyridine rings is 1. The van der Waals surface area contributed by atoms with Gasteiger partial charge in [-0.15, -0.1) is 0 Å². The van der Waals surface area contributed by atoms with E-state index in [4.69, 9.17) is 11.6 Å². The zero-order valence-electron chi connectivity index (χ0n) is 11.9. The van der Waals surface area contributed by atoms with Crippen molar-refractivity contribution < 1.29 is 10.2 Å². The highest BCUT2D eigenvalue weighted by Gasteiger charge is 2.17. The van der Waals surface area contributed by atoms with Crippen LogP contribution in [0.5, 0.6) is 11.8 Å². The normalized spacial score (nSPS) is 11.1. The van der Waals surface area contributed by atoms with Crippen molar-refractivity contribution in [3.05, 3.63) is 44.9 Å². The molecule has 0 saturated heterocycles. The van der Waals surface area contributed by atoms with Gasteiger partial charge in [-0.25, -0.2) is 4.98 Å². The van der Waals surface area contributed by atoms with Crippen molar-refractivity contribution in [3.8, 4) is 11.8 Å². The van der Waals surface area contributed by atoms with E-state index in [1.165, 1.54) is 4.68 Å². The molecular formula is C15H13BrClN3O2. The molecule has 1 aromatic carbocycles. The molecule has 0 bridgehead atoms. The van der Waals surface area contributed by atoms with E-state index in [0.717, 1.165) is 9.86 Å². The number of hydrogen-bond acceptors (Lipinski definition) is 4. The molecule has 0 spiro atoms. The van der Waals surface area contributed by atoms with Gasteiger partial charge in [0, 0.05) is 27.1 Å². The van der Waals surface area contributed by atoms with Gasteiger partial charge in [-0.2, -0.15) is 4.68 Å². The number of fused-ring (bicyclic) bond motifs is 1. The maximum Gasteiger partial charge on any atom is 0.216 e. The molecular weight excluding hydrogens is 370 g/mol. The Hall–Kier alpha value is -1.92. The van der Waals surface area contributed by atoms with Crippen molar-refractivity contribution in [1.29, 1.82) is 0 Å². The Morgan fingerprint density at radius 2 is 1.77 bits per heavy atom. The molecule has 3 rings (SSSR count). The van der Waals surface area contributed by atoms with Crippen LogP contribution in [0.3, 0.4) is 0 Å². The largest absolute Gasteiger partial charge is 0.493 e. The van der Waals surface area contributed by atoms with Gasteiger partial charge in [0.25, 0.3) is 0 Å². The van der Waals surface area contributed by atoms with E-state index < -0.39 is 0 Å². The summed E-state index contributed by atoms with van der Waals surface area (Å²) < 4.78 is 2.06.